The number of fused-ring (bicyclic) bond motifs is 5. The molecular weight excluding hydrogens is 2000 g/mol. The molecule has 5 amide bonds. The van der Waals surface area contributed by atoms with E-state index in [1.54, 1.807) is 160 Å². The van der Waals surface area contributed by atoms with Crippen molar-refractivity contribution < 1.29 is 91.0 Å². The zero-order valence-electron chi connectivity index (χ0n) is 84.7. The quantitative estimate of drug-likeness (QED) is 0.0159. The average Bonchev–Trinajstić information content (AvgIpc) is 1.62. The van der Waals surface area contributed by atoms with E-state index in [1.165, 1.54) is 21.0 Å². The first-order valence-corrected chi connectivity index (χ1v) is 46.7. The molecular formula is C97H117BBrCl3N24O19. The van der Waals surface area contributed by atoms with E-state index in [9.17, 15) is 33.6 Å². The monoisotopic (exact) mass is 2120 g/mol. The lowest BCUT2D eigenvalue weighted by molar-refractivity contribution is -0.117. The normalized spacial score (nSPS) is 11.7. The van der Waals surface area contributed by atoms with Crippen LogP contribution in [0, 0.1) is 13.8 Å². The standard InChI is InChI=1S/C24H31N5O5.C23H28ClN5O5.C14H14N4O.C13H12ClN5O.C12H9BrClN5.C10H18O5.CH5BO2/c1-15-25-18-17(27-20(32-8)28(18)14-16-12-10-9-11-13-16)19(26-15)29(21(30)33-23(2,3)4)22(31)34-24(5,6)7;1-22(2,3)33-20(30)29(21(31)34-23(4,5)6)17-15-16(26-18(24)27-17)28(19(25-15)32-7)13-14-11-9-8-10-12-14;1-9-16-13(15)11-7-12(19)18(14(11)17-9)8-10-5-3-2-4-6-10;1-20-13-16-9-10(15)17-12(14)18-11(9)19(13)7-8-5-3-2-4-6-8;13-11-16-8-9(15)17-12(14)18-10(8)19(11)6-7-4-2-1-3-5-7;1-9(2,3)14-7(11)13-8(12)15-10(4,5)6;1-2(3)4/h9-13H,14H2,1-8H3;8-12H,13H2,1-7H3;2-6H,7-8H2,1H3,(H2,15,16,17);2-6H,7H2,1H3,(H2,15,17,18);1-5H,6H2,(H2,15,17,18);1-6H3;3-4H,1H3. The van der Waals surface area contributed by atoms with Crippen LogP contribution in [0.15, 0.2) is 156 Å². The molecule has 0 bridgehead atoms. The van der Waals surface area contributed by atoms with Crippen LogP contribution >= 0.6 is 50.7 Å². The highest BCUT2D eigenvalue weighted by Gasteiger charge is 2.40. The SMILES string of the molecule is CB(O)O.CC(C)(C)OC(=O)OC(=O)OC(C)(C)C.COc1nc2c(N(C(=O)OC(C)(C)C)C(=O)OC(C)(C)C)nc(C)nc2n1Cc1ccccc1.COc1nc2c(N(C(=O)OC(C)(C)C)C(=O)OC(C)(C)C)nc(Cl)nc2n1Cc1ccccc1.COc1nc2c(N)nc(Cl)nc2n1Cc1ccccc1.Cc1nc(N)c2c(n1)N(Cc1ccccc1)C(=O)C2.Nc1nc(Cl)nc2c1nc(Br)n2Cc1ccccc1. The predicted octanol–water partition coefficient (Wildman–Crippen LogP) is 18.5. The van der Waals surface area contributed by atoms with Crippen LogP contribution in [-0.2, 0) is 77.1 Å². The number of anilines is 6. The van der Waals surface area contributed by atoms with Gasteiger partial charge >= 0.3 is 43.8 Å². The third-order valence-electron chi connectivity index (χ3n) is 18.4. The second kappa shape index (κ2) is 49.0. The van der Waals surface area contributed by atoms with Crippen LogP contribution in [0.1, 0.15) is 170 Å². The average molecular weight is 2120 g/mol. The number of rotatable bonds is 15. The molecule has 0 unspecified atom stereocenters. The lowest BCUT2D eigenvalue weighted by atomic mass is 9.99. The molecule has 0 spiro atoms. The number of carbonyl (C=O) groups is 7. The summed E-state index contributed by atoms with van der Waals surface area (Å²) in [5.41, 5.74) is 21.8. The Labute approximate surface area is 860 Å². The topological polar surface area (TPSA) is 540 Å². The number of carbonyl (C=O) groups excluding carboxylic acids is 7. The number of hydrogen-bond donors (Lipinski definition) is 5. The minimum absolute atomic E-state index is 0.0189. The van der Waals surface area contributed by atoms with Crippen LogP contribution in [0.3, 0.4) is 0 Å². The summed E-state index contributed by atoms with van der Waals surface area (Å²) in [6.45, 7) is 37.5. The van der Waals surface area contributed by atoms with Crippen LogP contribution in [-0.4, -0.2) is 203 Å². The molecule has 0 saturated heterocycles. The molecule has 0 saturated carbocycles. The van der Waals surface area contributed by atoms with Gasteiger partial charge in [-0.3, -0.25) is 28.0 Å². The molecule has 48 heteroatoms. The number of imide groups is 2. The summed E-state index contributed by atoms with van der Waals surface area (Å²) < 4.78 is 59.7. The molecule has 0 aliphatic carbocycles. The maximum atomic E-state index is 13.2. The molecule has 43 nitrogen and oxygen atoms in total. The Morgan fingerprint density at radius 2 is 0.648 bits per heavy atom. The van der Waals surface area contributed by atoms with Gasteiger partial charge < -0.3 is 74.6 Å². The predicted molar refractivity (Wildman–Crippen MR) is 551 cm³/mol. The summed E-state index contributed by atoms with van der Waals surface area (Å²) in [5.74, 6) is 2.29. The number of aryl methyl sites for hydroxylation is 2. The third kappa shape index (κ3) is 33.7. The fraction of sp³-hybridized carbons (Fsp3) is 0.371. The number of amides is 5. The fourth-order valence-corrected chi connectivity index (χ4v) is 14.0. The minimum atomic E-state index is -1.17. The van der Waals surface area contributed by atoms with E-state index in [-0.39, 0.29) is 80.2 Å². The molecule has 145 heavy (non-hydrogen) atoms. The van der Waals surface area contributed by atoms with Crippen molar-refractivity contribution in [3.05, 3.63) is 217 Å². The van der Waals surface area contributed by atoms with Crippen LogP contribution in [0.25, 0.3) is 44.7 Å². The molecule has 8 N–H and O–H groups in total. The highest BCUT2D eigenvalue weighted by Crippen LogP contribution is 2.37. The second-order valence-electron chi connectivity index (χ2n) is 37.7. The number of ether oxygens (including phenoxy) is 10. The van der Waals surface area contributed by atoms with E-state index >= 15 is 0 Å². The van der Waals surface area contributed by atoms with Crippen molar-refractivity contribution in [3.8, 4) is 18.0 Å². The van der Waals surface area contributed by atoms with E-state index in [4.69, 9.17) is 105 Å². The first-order valence-electron chi connectivity index (χ1n) is 44.8. The first-order chi connectivity index (χ1) is 67.8. The van der Waals surface area contributed by atoms with Crippen LogP contribution in [0.4, 0.5) is 63.7 Å². The van der Waals surface area contributed by atoms with Gasteiger partial charge in [0.15, 0.2) is 72.7 Å². The first kappa shape index (κ1) is 114. The Kier molecular flexibility index (Phi) is 38.4. The molecule has 0 atom stereocenters. The van der Waals surface area contributed by atoms with Gasteiger partial charge in [0.25, 0.3) is 18.0 Å². The van der Waals surface area contributed by atoms with Crippen LogP contribution < -0.4 is 46.1 Å². The largest absolute Gasteiger partial charge is 0.519 e. The zero-order chi connectivity index (χ0) is 107. The highest BCUT2D eigenvalue weighted by atomic mass is 79.9. The van der Waals surface area contributed by atoms with E-state index in [1.807, 2.05) is 161 Å². The van der Waals surface area contributed by atoms with Gasteiger partial charge in [-0.1, -0.05) is 152 Å². The second-order valence-corrected chi connectivity index (χ2v) is 39.4. The van der Waals surface area contributed by atoms with Crippen molar-refractivity contribution >= 4 is 180 Å². The van der Waals surface area contributed by atoms with E-state index < -0.39 is 77.4 Å². The molecule has 14 aromatic rings. The summed E-state index contributed by atoms with van der Waals surface area (Å²) in [6.07, 6.45) is -5.68. The Morgan fingerprint density at radius 1 is 0.372 bits per heavy atom. The number of nitrogens with zero attached hydrogens (tertiary/aromatic N) is 21. The lowest BCUT2D eigenvalue weighted by Crippen LogP contribution is -2.44. The molecule has 1 aliphatic rings. The molecule has 0 fully saturated rings. The Hall–Kier alpha value is -14.8. The maximum Gasteiger partial charge on any atom is 0.519 e. The number of hydrogen-bond acceptors (Lipinski definition) is 36. The number of imidazole rings is 4. The maximum absolute atomic E-state index is 13.2. The van der Waals surface area contributed by atoms with Gasteiger partial charge in [-0.15, -0.1) is 0 Å². The number of nitrogen functional groups attached to an aromatic ring is 3. The van der Waals surface area contributed by atoms with Crippen LogP contribution in [0.5, 0.6) is 18.0 Å². The fourth-order valence-electron chi connectivity index (χ4n) is 13.0. The number of nitrogens with two attached hydrogens (primary N) is 3. The molecule has 5 aromatic carbocycles. The number of halogens is 4. The van der Waals surface area contributed by atoms with E-state index in [0.29, 0.717) is 99.6 Å². The molecule has 9 aromatic heterocycles. The summed E-state index contributed by atoms with van der Waals surface area (Å²) in [7, 11) is 3.33. The molecule has 1 aliphatic heterocycles. The summed E-state index contributed by atoms with van der Waals surface area (Å²) in [5, 5.41) is 15.2. The summed E-state index contributed by atoms with van der Waals surface area (Å²) >= 11 is 21.4. The van der Waals surface area contributed by atoms with Gasteiger partial charge in [0.1, 0.15) is 56.9 Å². The Morgan fingerprint density at radius 3 is 0.979 bits per heavy atom. The Balaban J connectivity index is 0.000000197. The zero-order valence-corrected chi connectivity index (χ0v) is 88.6. The summed E-state index contributed by atoms with van der Waals surface area (Å²) in [6, 6.07) is 50.0. The number of benzene rings is 5. The van der Waals surface area contributed by atoms with Gasteiger partial charge in [0, 0.05) is 5.56 Å². The smallest absolute Gasteiger partial charge is 0.468 e. The van der Waals surface area contributed by atoms with Gasteiger partial charge in [0.2, 0.25) is 21.8 Å². The van der Waals surface area contributed by atoms with E-state index in [2.05, 4.69) is 90.4 Å². The molecule has 15 rings (SSSR count). The van der Waals surface area contributed by atoms with Crippen molar-refractivity contribution in [1.82, 2.24) is 88.0 Å². The van der Waals surface area contributed by atoms with Crippen molar-refractivity contribution in [2.45, 2.75) is 218 Å². The van der Waals surface area contributed by atoms with Crippen molar-refractivity contribution in [3.63, 3.8) is 0 Å². The van der Waals surface area contributed by atoms with Crippen molar-refractivity contribution in [1.29, 1.82) is 0 Å². The van der Waals surface area contributed by atoms with Gasteiger partial charge in [0.05, 0.1) is 60.5 Å². The van der Waals surface area contributed by atoms with Crippen molar-refractivity contribution in [2.75, 3.05) is 53.2 Å². The minimum Gasteiger partial charge on any atom is -0.468 e. The molecule has 770 valence electrons. The summed E-state index contributed by atoms with van der Waals surface area (Å²) in [4.78, 5) is 149. The molecule has 0 radical (unpaired) electrons. The van der Waals surface area contributed by atoms with E-state index in [0.717, 1.165) is 38.3 Å². The molecule has 10 heterocycles. The van der Waals surface area contributed by atoms with Crippen LogP contribution in [0.2, 0.25) is 22.7 Å². The van der Waals surface area contributed by atoms with Gasteiger partial charge in [-0.05, 0) is 224 Å². The Bertz CT molecular complexity index is 6600. The lowest BCUT2D eigenvalue weighted by Gasteiger charge is -2.28. The van der Waals surface area contributed by atoms with Gasteiger partial charge in [-0.25, -0.2) is 53.7 Å². The highest BCUT2D eigenvalue weighted by molar-refractivity contribution is 9.10. The van der Waals surface area contributed by atoms with Gasteiger partial charge in [-0.2, -0.15) is 54.7 Å². The van der Waals surface area contributed by atoms with Crippen molar-refractivity contribution in [2.24, 2.45) is 0 Å². The third-order valence-corrected chi connectivity index (χ3v) is 19.5. The number of methoxy groups -OCH3 is 3. The number of aromatic nitrogens is 18.